The SMILES string of the molecule is Cc1cc(NCC2Cc3cc(Br)ccc3O2)cc(C)c1Br. The van der Waals surface area contributed by atoms with Gasteiger partial charge in [0.2, 0.25) is 0 Å². The van der Waals surface area contributed by atoms with Crippen molar-refractivity contribution in [3.05, 3.63) is 56.0 Å². The van der Waals surface area contributed by atoms with Crippen LogP contribution in [0.3, 0.4) is 0 Å². The zero-order valence-electron chi connectivity index (χ0n) is 12.0. The van der Waals surface area contributed by atoms with Crippen molar-refractivity contribution in [3.8, 4) is 5.75 Å². The molecule has 1 aliphatic rings. The summed E-state index contributed by atoms with van der Waals surface area (Å²) in [5, 5.41) is 3.49. The Balaban J connectivity index is 1.65. The van der Waals surface area contributed by atoms with Crippen LogP contribution in [0.1, 0.15) is 16.7 Å². The molecule has 1 aliphatic heterocycles. The molecule has 0 saturated heterocycles. The van der Waals surface area contributed by atoms with E-state index in [1.807, 2.05) is 12.1 Å². The average Bonchev–Trinajstić information content (AvgIpc) is 2.84. The first-order valence-corrected chi connectivity index (χ1v) is 8.57. The summed E-state index contributed by atoms with van der Waals surface area (Å²) in [5.41, 5.74) is 4.92. The van der Waals surface area contributed by atoms with Gasteiger partial charge in [-0.3, -0.25) is 0 Å². The van der Waals surface area contributed by atoms with Gasteiger partial charge in [-0.15, -0.1) is 0 Å². The molecular weight excluding hydrogens is 394 g/mol. The number of rotatable bonds is 3. The van der Waals surface area contributed by atoms with Crippen molar-refractivity contribution in [1.29, 1.82) is 0 Å². The summed E-state index contributed by atoms with van der Waals surface area (Å²) in [7, 11) is 0. The number of benzene rings is 2. The van der Waals surface area contributed by atoms with Gasteiger partial charge in [0.05, 0.1) is 6.54 Å². The van der Waals surface area contributed by atoms with E-state index >= 15 is 0 Å². The van der Waals surface area contributed by atoms with Gasteiger partial charge in [-0.25, -0.2) is 0 Å². The predicted molar refractivity (Wildman–Crippen MR) is 94.4 cm³/mol. The molecule has 1 atom stereocenters. The number of hydrogen-bond acceptors (Lipinski definition) is 2. The number of halogens is 2. The summed E-state index contributed by atoms with van der Waals surface area (Å²) in [6, 6.07) is 10.5. The highest BCUT2D eigenvalue weighted by Crippen LogP contribution is 2.31. The van der Waals surface area contributed by atoms with Crippen LogP contribution >= 0.6 is 31.9 Å². The van der Waals surface area contributed by atoms with Crippen LogP contribution in [0.2, 0.25) is 0 Å². The predicted octanol–water partition coefficient (Wildman–Crippen LogP) is 5.24. The van der Waals surface area contributed by atoms with E-state index in [1.54, 1.807) is 0 Å². The summed E-state index contributed by atoms with van der Waals surface area (Å²) >= 11 is 7.11. The molecule has 0 bridgehead atoms. The monoisotopic (exact) mass is 409 g/mol. The van der Waals surface area contributed by atoms with Gasteiger partial charge in [0.1, 0.15) is 11.9 Å². The number of nitrogens with one attached hydrogen (secondary N) is 1. The second-order valence-electron chi connectivity index (χ2n) is 5.50. The van der Waals surface area contributed by atoms with Gasteiger partial charge in [0.25, 0.3) is 0 Å². The van der Waals surface area contributed by atoms with Crippen molar-refractivity contribution in [2.45, 2.75) is 26.4 Å². The Bertz CT molecular complexity index is 661. The second kappa shape index (κ2) is 6.01. The summed E-state index contributed by atoms with van der Waals surface area (Å²) in [4.78, 5) is 0. The van der Waals surface area contributed by atoms with Crippen molar-refractivity contribution >= 4 is 37.5 Å². The third-order valence-corrected chi connectivity index (χ3v) is 5.48. The van der Waals surface area contributed by atoms with E-state index in [0.29, 0.717) is 0 Å². The van der Waals surface area contributed by atoms with E-state index in [4.69, 9.17) is 4.74 Å². The fourth-order valence-corrected chi connectivity index (χ4v) is 3.32. The van der Waals surface area contributed by atoms with E-state index in [-0.39, 0.29) is 6.10 Å². The number of aryl methyl sites for hydroxylation is 2. The topological polar surface area (TPSA) is 21.3 Å². The molecule has 0 radical (unpaired) electrons. The van der Waals surface area contributed by atoms with E-state index in [2.05, 4.69) is 69.2 Å². The molecule has 0 aliphatic carbocycles. The van der Waals surface area contributed by atoms with Crippen molar-refractivity contribution < 1.29 is 4.74 Å². The molecule has 2 aromatic carbocycles. The Morgan fingerprint density at radius 3 is 2.57 bits per heavy atom. The lowest BCUT2D eigenvalue weighted by Gasteiger charge is -2.14. The van der Waals surface area contributed by atoms with Gasteiger partial charge >= 0.3 is 0 Å². The zero-order valence-corrected chi connectivity index (χ0v) is 15.2. The molecule has 0 saturated carbocycles. The van der Waals surface area contributed by atoms with Crippen LogP contribution in [0.15, 0.2) is 39.3 Å². The maximum atomic E-state index is 5.98. The maximum absolute atomic E-state index is 5.98. The molecule has 0 aromatic heterocycles. The van der Waals surface area contributed by atoms with Gasteiger partial charge in [-0.05, 0) is 60.9 Å². The Hall–Kier alpha value is -1.00. The van der Waals surface area contributed by atoms with E-state index in [1.165, 1.54) is 21.2 Å². The first kappa shape index (κ1) is 14.9. The number of hydrogen-bond donors (Lipinski definition) is 1. The molecule has 1 N–H and O–H groups in total. The molecule has 0 spiro atoms. The van der Waals surface area contributed by atoms with Crippen LogP contribution in [0.25, 0.3) is 0 Å². The summed E-state index contributed by atoms with van der Waals surface area (Å²) < 4.78 is 8.27. The molecule has 1 heterocycles. The Morgan fingerprint density at radius 2 is 1.86 bits per heavy atom. The van der Waals surface area contributed by atoms with E-state index < -0.39 is 0 Å². The van der Waals surface area contributed by atoms with Gasteiger partial charge < -0.3 is 10.1 Å². The lowest BCUT2D eigenvalue weighted by Crippen LogP contribution is -2.24. The molecule has 1 unspecified atom stereocenters. The number of ether oxygens (including phenoxy) is 1. The highest BCUT2D eigenvalue weighted by Gasteiger charge is 2.22. The van der Waals surface area contributed by atoms with Crippen LogP contribution in [0.5, 0.6) is 5.75 Å². The maximum Gasteiger partial charge on any atom is 0.123 e. The van der Waals surface area contributed by atoms with Gasteiger partial charge in [0.15, 0.2) is 0 Å². The lowest BCUT2D eigenvalue weighted by atomic mass is 10.1. The highest BCUT2D eigenvalue weighted by molar-refractivity contribution is 9.10. The number of fused-ring (bicyclic) bond motifs is 1. The Kier molecular flexibility index (Phi) is 4.27. The fourth-order valence-electron chi connectivity index (χ4n) is 2.68. The van der Waals surface area contributed by atoms with Crippen LogP contribution < -0.4 is 10.1 Å². The lowest BCUT2D eigenvalue weighted by molar-refractivity contribution is 0.246. The summed E-state index contributed by atoms with van der Waals surface area (Å²) in [6.45, 7) is 5.04. The van der Waals surface area contributed by atoms with E-state index in [0.717, 1.165) is 28.9 Å². The summed E-state index contributed by atoms with van der Waals surface area (Å²) in [6.07, 6.45) is 1.15. The molecule has 3 rings (SSSR count). The largest absolute Gasteiger partial charge is 0.488 e. The van der Waals surface area contributed by atoms with Gasteiger partial charge in [-0.2, -0.15) is 0 Å². The molecule has 110 valence electrons. The highest BCUT2D eigenvalue weighted by atomic mass is 79.9. The second-order valence-corrected chi connectivity index (χ2v) is 7.21. The first-order valence-electron chi connectivity index (χ1n) is 6.98. The van der Waals surface area contributed by atoms with Crippen molar-refractivity contribution in [3.63, 3.8) is 0 Å². The molecule has 2 nitrogen and oxygen atoms in total. The molecular formula is C17H17Br2NO. The molecule has 4 heteroatoms. The quantitative estimate of drug-likeness (QED) is 0.746. The normalized spacial score (nSPS) is 16.5. The Morgan fingerprint density at radius 1 is 1.14 bits per heavy atom. The smallest absolute Gasteiger partial charge is 0.123 e. The van der Waals surface area contributed by atoms with Crippen LogP contribution in [0, 0.1) is 13.8 Å². The van der Waals surface area contributed by atoms with Crippen molar-refractivity contribution in [1.82, 2.24) is 0 Å². The van der Waals surface area contributed by atoms with Crippen LogP contribution in [-0.2, 0) is 6.42 Å². The third-order valence-electron chi connectivity index (χ3n) is 3.73. The average molecular weight is 411 g/mol. The minimum absolute atomic E-state index is 0.193. The molecule has 2 aromatic rings. The van der Waals surface area contributed by atoms with Gasteiger partial charge in [-0.1, -0.05) is 31.9 Å². The molecule has 0 amide bonds. The standard InChI is InChI=1S/C17H17Br2NO/c1-10-5-14(6-11(2)17(10)19)20-9-15-8-12-7-13(18)3-4-16(12)21-15/h3-7,15,20H,8-9H2,1-2H3. The summed E-state index contributed by atoms with van der Waals surface area (Å²) in [5.74, 6) is 1.01. The zero-order chi connectivity index (χ0) is 15.0. The van der Waals surface area contributed by atoms with Crippen molar-refractivity contribution in [2.24, 2.45) is 0 Å². The number of anilines is 1. The molecule has 0 fully saturated rings. The van der Waals surface area contributed by atoms with Crippen LogP contribution in [-0.4, -0.2) is 12.6 Å². The van der Waals surface area contributed by atoms with E-state index in [9.17, 15) is 0 Å². The van der Waals surface area contributed by atoms with Crippen LogP contribution in [0.4, 0.5) is 5.69 Å². The minimum Gasteiger partial charge on any atom is -0.488 e. The minimum atomic E-state index is 0.193. The fraction of sp³-hybridized carbons (Fsp3) is 0.294. The molecule has 21 heavy (non-hydrogen) atoms. The van der Waals surface area contributed by atoms with Gasteiger partial charge in [0, 0.05) is 21.1 Å². The first-order chi connectivity index (χ1) is 10.0. The van der Waals surface area contributed by atoms with Crippen molar-refractivity contribution in [2.75, 3.05) is 11.9 Å². The Labute approximate surface area is 142 Å². The third kappa shape index (κ3) is 3.27.